The third-order valence-electron chi connectivity index (χ3n) is 3.60. The molecule has 1 aromatic heterocycles. The van der Waals surface area contributed by atoms with Crippen molar-refractivity contribution in [1.82, 2.24) is 9.97 Å². The Kier molecular flexibility index (Phi) is 5.38. The minimum atomic E-state index is 0.529. The molecule has 24 heavy (non-hydrogen) atoms. The average Bonchev–Trinajstić information content (AvgIpc) is 2.59. The summed E-state index contributed by atoms with van der Waals surface area (Å²) < 4.78 is 0. The van der Waals surface area contributed by atoms with E-state index in [1.165, 1.54) is 0 Å². The minimum absolute atomic E-state index is 0.529. The number of rotatable bonds is 6. The van der Waals surface area contributed by atoms with Gasteiger partial charge in [0.1, 0.15) is 5.82 Å². The van der Waals surface area contributed by atoms with Crippen molar-refractivity contribution >= 4 is 45.9 Å². The molecule has 0 atom stereocenters. The molecule has 0 bridgehead atoms. The van der Waals surface area contributed by atoms with E-state index in [1.54, 1.807) is 6.07 Å². The molecule has 0 saturated heterocycles. The highest BCUT2D eigenvalue weighted by Crippen LogP contribution is 2.24. The second kappa shape index (κ2) is 7.69. The minimum Gasteiger partial charge on any atom is -0.369 e. The zero-order valence-corrected chi connectivity index (χ0v) is 14.8. The second-order valence-electron chi connectivity index (χ2n) is 5.43. The highest BCUT2D eigenvalue weighted by atomic mass is 35.5. The average molecular weight is 361 g/mol. The van der Waals surface area contributed by atoms with Crippen molar-refractivity contribution in [1.29, 1.82) is 0 Å². The molecule has 6 heteroatoms. The smallest absolute Gasteiger partial charge is 0.225 e. The first-order valence-corrected chi connectivity index (χ1v) is 8.61. The predicted molar refractivity (Wildman–Crippen MR) is 102 cm³/mol. The number of hydrogen-bond acceptors (Lipinski definition) is 4. The largest absolute Gasteiger partial charge is 0.369 e. The van der Waals surface area contributed by atoms with Crippen LogP contribution in [0.1, 0.15) is 18.9 Å². The molecule has 0 spiro atoms. The summed E-state index contributed by atoms with van der Waals surface area (Å²) in [6.07, 6.45) is 1.03. The molecule has 0 radical (unpaired) electrons. The fourth-order valence-corrected chi connectivity index (χ4v) is 2.85. The van der Waals surface area contributed by atoms with Gasteiger partial charge in [-0.25, -0.2) is 4.98 Å². The Morgan fingerprint density at radius 3 is 2.62 bits per heavy atom. The molecule has 0 aliphatic rings. The second-order valence-corrected chi connectivity index (χ2v) is 6.27. The van der Waals surface area contributed by atoms with Crippen molar-refractivity contribution < 1.29 is 0 Å². The Labute approximate surface area is 151 Å². The van der Waals surface area contributed by atoms with E-state index >= 15 is 0 Å². The van der Waals surface area contributed by atoms with Crippen molar-refractivity contribution in [2.24, 2.45) is 0 Å². The van der Waals surface area contributed by atoms with Crippen molar-refractivity contribution in [3.8, 4) is 0 Å². The molecule has 0 aliphatic heterocycles. The fraction of sp³-hybridized carbons (Fsp3) is 0.222. The van der Waals surface area contributed by atoms with Crippen LogP contribution in [0.4, 0.5) is 11.8 Å². The van der Waals surface area contributed by atoms with Crippen molar-refractivity contribution in [3.63, 3.8) is 0 Å². The van der Waals surface area contributed by atoms with Gasteiger partial charge in [0, 0.05) is 28.5 Å². The number of benzene rings is 2. The molecule has 124 valence electrons. The highest BCUT2D eigenvalue weighted by molar-refractivity contribution is 6.35. The van der Waals surface area contributed by atoms with Crippen LogP contribution in [0.3, 0.4) is 0 Å². The first-order valence-electron chi connectivity index (χ1n) is 7.86. The maximum Gasteiger partial charge on any atom is 0.225 e. The fourth-order valence-electron chi connectivity index (χ4n) is 2.37. The van der Waals surface area contributed by atoms with Crippen LogP contribution < -0.4 is 10.6 Å². The van der Waals surface area contributed by atoms with Crippen LogP contribution in [0, 0.1) is 0 Å². The molecule has 0 aliphatic carbocycles. The molecule has 2 aromatic carbocycles. The summed E-state index contributed by atoms with van der Waals surface area (Å²) in [7, 11) is 0. The van der Waals surface area contributed by atoms with Gasteiger partial charge in [-0.05, 0) is 36.2 Å². The molecule has 2 N–H and O–H groups in total. The van der Waals surface area contributed by atoms with Crippen LogP contribution in [-0.4, -0.2) is 16.5 Å². The van der Waals surface area contributed by atoms with Gasteiger partial charge in [0.15, 0.2) is 0 Å². The lowest BCUT2D eigenvalue weighted by Gasteiger charge is -2.12. The van der Waals surface area contributed by atoms with Gasteiger partial charge in [0.05, 0.1) is 5.52 Å². The van der Waals surface area contributed by atoms with E-state index in [-0.39, 0.29) is 0 Å². The van der Waals surface area contributed by atoms with E-state index in [0.717, 1.165) is 35.2 Å². The Morgan fingerprint density at radius 2 is 1.83 bits per heavy atom. The number of anilines is 2. The van der Waals surface area contributed by atoms with Crippen molar-refractivity contribution in [2.75, 3.05) is 17.2 Å². The van der Waals surface area contributed by atoms with E-state index in [9.17, 15) is 0 Å². The predicted octanol–water partition coefficient (Wildman–Crippen LogP) is 5.37. The maximum absolute atomic E-state index is 6.21. The normalized spacial score (nSPS) is 10.8. The summed E-state index contributed by atoms with van der Waals surface area (Å²) in [6, 6.07) is 13.4. The topological polar surface area (TPSA) is 49.8 Å². The Balaban J connectivity index is 1.86. The molecule has 0 amide bonds. The first-order chi connectivity index (χ1) is 11.7. The SMILES string of the molecule is CCCNc1nc(NCc2ccc(Cl)cc2Cl)nc2ccccc12. The van der Waals surface area contributed by atoms with E-state index in [4.69, 9.17) is 23.2 Å². The Morgan fingerprint density at radius 1 is 1.00 bits per heavy atom. The van der Waals surface area contributed by atoms with Gasteiger partial charge in [0.25, 0.3) is 0 Å². The maximum atomic E-state index is 6.21. The number of nitrogens with one attached hydrogen (secondary N) is 2. The lowest BCUT2D eigenvalue weighted by molar-refractivity contribution is 0.967. The summed E-state index contributed by atoms with van der Waals surface area (Å²) in [4.78, 5) is 9.17. The third-order valence-corrected chi connectivity index (χ3v) is 4.18. The van der Waals surface area contributed by atoms with E-state index in [2.05, 4.69) is 27.5 Å². The molecule has 4 nitrogen and oxygen atoms in total. The zero-order valence-electron chi connectivity index (χ0n) is 13.3. The quantitative estimate of drug-likeness (QED) is 0.620. The van der Waals surface area contributed by atoms with Gasteiger partial charge >= 0.3 is 0 Å². The lowest BCUT2D eigenvalue weighted by Crippen LogP contribution is -2.08. The van der Waals surface area contributed by atoms with Crippen molar-refractivity contribution in [3.05, 3.63) is 58.1 Å². The number of fused-ring (bicyclic) bond motifs is 1. The van der Waals surface area contributed by atoms with Crippen LogP contribution in [0.2, 0.25) is 10.0 Å². The molecular weight excluding hydrogens is 343 g/mol. The van der Waals surface area contributed by atoms with Crippen LogP contribution >= 0.6 is 23.2 Å². The van der Waals surface area contributed by atoms with Gasteiger partial charge in [-0.1, -0.05) is 48.3 Å². The summed E-state index contributed by atoms with van der Waals surface area (Å²) in [5.41, 5.74) is 1.84. The number of nitrogens with zero attached hydrogens (tertiary/aromatic N) is 2. The van der Waals surface area contributed by atoms with Gasteiger partial charge in [-0.15, -0.1) is 0 Å². The number of para-hydroxylation sites is 1. The molecule has 3 rings (SSSR count). The summed E-state index contributed by atoms with van der Waals surface area (Å²) >= 11 is 12.1. The molecule has 0 saturated carbocycles. The number of halogens is 2. The first kappa shape index (κ1) is 16.8. The third kappa shape index (κ3) is 3.89. The van der Waals surface area contributed by atoms with Crippen LogP contribution in [0.5, 0.6) is 0 Å². The van der Waals surface area contributed by atoms with Gasteiger partial charge in [-0.2, -0.15) is 4.98 Å². The Bertz CT molecular complexity index is 852. The number of hydrogen-bond donors (Lipinski definition) is 2. The van der Waals surface area contributed by atoms with Gasteiger partial charge < -0.3 is 10.6 Å². The van der Waals surface area contributed by atoms with Crippen LogP contribution in [0.25, 0.3) is 10.9 Å². The van der Waals surface area contributed by atoms with Crippen LogP contribution in [0.15, 0.2) is 42.5 Å². The van der Waals surface area contributed by atoms with Crippen molar-refractivity contribution in [2.45, 2.75) is 19.9 Å². The molecule has 0 unspecified atom stereocenters. The van der Waals surface area contributed by atoms with E-state index in [0.29, 0.717) is 22.5 Å². The monoisotopic (exact) mass is 360 g/mol. The van der Waals surface area contributed by atoms with Gasteiger partial charge in [0.2, 0.25) is 5.95 Å². The molecular formula is C18H18Cl2N4. The highest BCUT2D eigenvalue weighted by Gasteiger charge is 2.08. The lowest BCUT2D eigenvalue weighted by atomic mass is 10.2. The summed E-state index contributed by atoms with van der Waals surface area (Å²) in [5.74, 6) is 1.41. The van der Waals surface area contributed by atoms with E-state index in [1.807, 2.05) is 36.4 Å². The molecule has 0 fully saturated rings. The molecule has 3 aromatic rings. The summed E-state index contributed by atoms with van der Waals surface area (Å²) in [6.45, 7) is 3.52. The molecule has 1 heterocycles. The Hall–Kier alpha value is -2.04. The van der Waals surface area contributed by atoms with Gasteiger partial charge in [-0.3, -0.25) is 0 Å². The number of aromatic nitrogens is 2. The summed E-state index contributed by atoms with van der Waals surface area (Å²) in [5, 5.41) is 8.86. The zero-order chi connectivity index (χ0) is 16.9. The standard InChI is InChI=1S/C18H18Cl2N4/c1-2-9-21-17-14-5-3-4-6-16(14)23-18(24-17)22-11-12-7-8-13(19)10-15(12)20/h3-8,10H,2,9,11H2,1H3,(H2,21,22,23,24). The van der Waals surface area contributed by atoms with Crippen LogP contribution in [-0.2, 0) is 6.54 Å². The van der Waals surface area contributed by atoms with E-state index < -0.39 is 0 Å².